The van der Waals surface area contributed by atoms with Crippen molar-refractivity contribution in [2.45, 2.75) is 26.4 Å². The van der Waals surface area contributed by atoms with Gasteiger partial charge in [-0.3, -0.25) is 9.59 Å². The Morgan fingerprint density at radius 1 is 1.00 bits per heavy atom. The molecule has 0 radical (unpaired) electrons. The second-order valence-corrected chi connectivity index (χ2v) is 7.94. The van der Waals surface area contributed by atoms with Crippen LogP contribution in [0.2, 0.25) is 0 Å². The third-order valence-electron chi connectivity index (χ3n) is 5.75. The maximum atomic E-state index is 13.3. The van der Waals surface area contributed by atoms with Gasteiger partial charge in [-0.1, -0.05) is 30.3 Å². The van der Waals surface area contributed by atoms with Crippen LogP contribution in [0.5, 0.6) is 5.75 Å². The number of aromatic nitrogens is 2. The highest BCUT2D eigenvalue weighted by molar-refractivity contribution is 5.95. The van der Waals surface area contributed by atoms with Crippen LogP contribution in [0.15, 0.2) is 78.9 Å². The number of para-hydroxylation sites is 3. The Bertz CT molecular complexity index is 1280. The molecule has 2 amide bonds. The molecule has 1 atom stereocenters. The molecule has 3 aromatic carbocycles. The number of imidazole rings is 1. The lowest BCUT2D eigenvalue weighted by atomic mass is 10.2. The van der Waals surface area contributed by atoms with Crippen molar-refractivity contribution in [3.63, 3.8) is 0 Å². The van der Waals surface area contributed by atoms with E-state index < -0.39 is 6.04 Å². The molecule has 0 bridgehead atoms. The number of anilines is 1. The van der Waals surface area contributed by atoms with Crippen molar-refractivity contribution in [2.75, 3.05) is 18.6 Å². The third kappa shape index (κ3) is 4.78. The van der Waals surface area contributed by atoms with Crippen LogP contribution in [0.3, 0.4) is 0 Å². The van der Waals surface area contributed by atoms with Crippen molar-refractivity contribution in [1.82, 2.24) is 14.9 Å². The van der Waals surface area contributed by atoms with Gasteiger partial charge in [0.25, 0.3) is 5.91 Å². The first-order chi connectivity index (χ1) is 16.5. The van der Waals surface area contributed by atoms with Crippen LogP contribution >= 0.6 is 0 Å². The minimum absolute atomic E-state index is 0.0493. The van der Waals surface area contributed by atoms with Crippen LogP contribution in [0.4, 0.5) is 5.69 Å². The number of carbonyl (C=O) groups is 2. The molecule has 1 unspecified atom stereocenters. The summed E-state index contributed by atoms with van der Waals surface area (Å²) in [7, 11) is 1.58. The van der Waals surface area contributed by atoms with Crippen molar-refractivity contribution in [3.8, 4) is 5.75 Å². The van der Waals surface area contributed by atoms with Gasteiger partial charge in [-0.15, -0.1) is 0 Å². The van der Waals surface area contributed by atoms with E-state index in [-0.39, 0.29) is 18.4 Å². The Kier molecular flexibility index (Phi) is 6.92. The van der Waals surface area contributed by atoms with E-state index in [1.54, 1.807) is 36.3 Å². The molecular weight excluding hydrogens is 428 g/mol. The number of carbonyl (C=O) groups excluding carboxylic acids is 2. The molecule has 174 valence electrons. The van der Waals surface area contributed by atoms with Gasteiger partial charge >= 0.3 is 0 Å². The molecule has 0 spiro atoms. The fourth-order valence-corrected chi connectivity index (χ4v) is 4.01. The number of methoxy groups -OCH3 is 1. The van der Waals surface area contributed by atoms with Crippen molar-refractivity contribution in [3.05, 3.63) is 90.3 Å². The van der Waals surface area contributed by atoms with E-state index in [1.165, 1.54) is 0 Å². The lowest BCUT2D eigenvalue weighted by Crippen LogP contribution is -2.35. The lowest BCUT2D eigenvalue weighted by molar-refractivity contribution is -0.119. The predicted molar refractivity (Wildman–Crippen MR) is 133 cm³/mol. The van der Waals surface area contributed by atoms with E-state index >= 15 is 0 Å². The zero-order valence-corrected chi connectivity index (χ0v) is 19.6. The van der Waals surface area contributed by atoms with Crippen LogP contribution in [-0.4, -0.2) is 35.0 Å². The maximum Gasteiger partial charge on any atom is 0.251 e. The minimum Gasteiger partial charge on any atom is -0.497 e. The first-order valence-electron chi connectivity index (χ1n) is 11.3. The molecule has 1 heterocycles. The van der Waals surface area contributed by atoms with Crippen molar-refractivity contribution < 1.29 is 14.3 Å². The maximum absolute atomic E-state index is 13.3. The number of likely N-dealkylation sites (N-methyl/N-ethyl adjacent to an activating group) is 1. The zero-order chi connectivity index (χ0) is 24.1. The van der Waals surface area contributed by atoms with Gasteiger partial charge in [0.1, 0.15) is 18.1 Å². The Morgan fingerprint density at radius 2 is 1.68 bits per heavy atom. The molecule has 0 aliphatic heterocycles. The predicted octanol–water partition coefficient (Wildman–Crippen LogP) is 4.59. The van der Waals surface area contributed by atoms with Crippen LogP contribution < -0.4 is 15.0 Å². The molecule has 1 aromatic heterocycles. The van der Waals surface area contributed by atoms with Gasteiger partial charge in [0.15, 0.2) is 0 Å². The van der Waals surface area contributed by atoms with E-state index in [0.717, 1.165) is 16.7 Å². The summed E-state index contributed by atoms with van der Waals surface area (Å²) in [6.45, 7) is 4.49. The van der Waals surface area contributed by atoms with Gasteiger partial charge in [-0.05, 0) is 62.4 Å². The molecule has 4 rings (SSSR count). The van der Waals surface area contributed by atoms with Crippen LogP contribution in [0.25, 0.3) is 11.0 Å². The number of rotatable bonds is 8. The quantitative estimate of drug-likeness (QED) is 0.421. The summed E-state index contributed by atoms with van der Waals surface area (Å²) in [5, 5.41) is 3.01. The van der Waals surface area contributed by atoms with Gasteiger partial charge in [0.05, 0.1) is 24.2 Å². The van der Waals surface area contributed by atoms with Crippen molar-refractivity contribution in [2.24, 2.45) is 0 Å². The summed E-state index contributed by atoms with van der Waals surface area (Å²) in [6.07, 6.45) is 0. The molecule has 0 saturated heterocycles. The van der Waals surface area contributed by atoms with Crippen molar-refractivity contribution in [1.29, 1.82) is 0 Å². The molecule has 0 fully saturated rings. The highest BCUT2D eigenvalue weighted by Gasteiger charge is 2.22. The molecule has 0 saturated carbocycles. The summed E-state index contributed by atoms with van der Waals surface area (Å²) in [5.41, 5.74) is 2.99. The van der Waals surface area contributed by atoms with E-state index in [1.807, 2.05) is 73.0 Å². The number of fused-ring (bicyclic) bond motifs is 1. The first-order valence-corrected chi connectivity index (χ1v) is 11.3. The summed E-state index contributed by atoms with van der Waals surface area (Å²) in [6, 6.07) is 23.8. The fraction of sp³-hybridized carbons (Fsp3) is 0.222. The number of ether oxygens (including phenoxy) is 1. The summed E-state index contributed by atoms with van der Waals surface area (Å²) in [4.78, 5) is 32.7. The summed E-state index contributed by atoms with van der Waals surface area (Å²) in [5.74, 6) is 1.04. The standard InChI is InChI=1S/C27H28N4O3/c1-4-30(21-10-6-5-7-11-21)25(32)18-31-24-13-9-8-12-23(24)29-26(31)19(2)28-27(33)20-14-16-22(34-3)17-15-20/h5-17,19H,4,18H2,1-3H3,(H,28,33). The average molecular weight is 457 g/mol. The Morgan fingerprint density at radius 3 is 2.35 bits per heavy atom. The van der Waals surface area contributed by atoms with Gasteiger partial charge in [-0.2, -0.15) is 0 Å². The topological polar surface area (TPSA) is 76.5 Å². The van der Waals surface area contributed by atoms with E-state index in [2.05, 4.69) is 5.32 Å². The Balaban J connectivity index is 1.61. The molecule has 1 N–H and O–H groups in total. The summed E-state index contributed by atoms with van der Waals surface area (Å²) >= 11 is 0. The molecular formula is C27H28N4O3. The van der Waals surface area contributed by atoms with Gasteiger partial charge in [0, 0.05) is 17.8 Å². The number of nitrogens with zero attached hydrogens (tertiary/aromatic N) is 3. The van der Waals surface area contributed by atoms with Crippen LogP contribution in [0.1, 0.15) is 36.1 Å². The van der Waals surface area contributed by atoms with Crippen LogP contribution in [-0.2, 0) is 11.3 Å². The monoisotopic (exact) mass is 456 g/mol. The normalized spacial score (nSPS) is 11.7. The SMILES string of the molecule is CCN(C(=O)Cn1c(C(C)NC(=O)c2ccc(OC)cc2)nc2ccccc21)c1ccccc1. The summed E-state index contributed by atoms with van der Waals surface area (Å²) < 4.78 is 7.06. The third-order valence-corrected chi connectivity index (χ3v) is 5.75. The number of amides is 2. The smallest absolute Gasteiger partial charge is 0.251 e. The molecule has 7 nitrogen and oxygen atoms in total. The molecule has 4 aromatic rings. The fourth-order valence-electron chi connectivity index (χ4n) is 4.01. The minimum atomic E-state index is -0.415. The van der Waals surface area contributed by atoms with E-state index in [4.69, 9.17) is 9.72 Å². The number of nitrogens with one attached hydrogen (secondary N) is 1. The zero-order valence-electron chi connectivity index (χ0n) is 19.6. The molecule has 34 heavy (non-hydrogen) atoms. The van der Waals surface area contributed by atoms with E-state index in [0.29, 0.717) is 23.7 Å². The Labute approximate surface area is 199 Å². The Hall–Kier alpha value is -4.13. The van der Waals surface area contributed by atoms with E-state index in [9.17, 15) is 9.59 Å². The first kappa shape index (κ1) is 23.0. The highest BCUT2D eigenvalue weighted by Crippen LogP contribution is 2.23. The average Bonchev–Trinajstić information content (AvgIpc) is 3.23. The lowest BCUT2D eigenvalue weighted by Gasteiger charge is -2.23. The second-order valence-electron chi connectivity index (χ2n) is 7.94. The number of hydrogen-bond acceptors (Lipinski definition) is 4. The molecule has 0 aliphatic carbocycles. The van der Waals surface area contributed by atoms with Gasteiger partial charge < -0.3 is 19.5 Å². The number of benzene rings is 3. The second kappa shape index (κ2) is 10.2. The van der Waals surface area contributed by atoms with Gasteiger partial charge in [0.2, 0.25) is 5.91 Å². The van der Waals surface area contributed by atoms with Crippen LogP contribution in [0, 0.1) is 0 Å². The molecule has 7 heteroatoms. The highest BCUT2D eigenvalue weighted by atomic mass is 16.5. The van der Waals surface area contributed by atoms with Crippen molar-refractivity contribution >= 4 is 28.5 Å². The number of hydrogen-bond donors (Lipinski definition) is 1. The largest absolute Gasteiger partial charge is 0.497 e. The molecule has 0 aliphatic rings. The van der Waals surface area contributed by atoms with Gasteiger partial charge in [-0.25, -0.2) is 4.98 Å².